The molecule has 3 N–H and O–H groups in total. The van der Waals surface area contributed by atoms with Crippen LogP contribution in [0.3, 0.4) is 0 Å². The lowest BCUT2D eigenvalue weighted by atomic mass is 9.94. The number of nitrogen functional groups attached to an aromatic ring is 1. The van der Waals surface area contributed by atoms with Gasteiger partial charge < -0.3 is 20.5 Å². The van der Waals surface area contributed by atoms with Gasteiger partial charge in [-0.3, -0.25) is 9.88 Å². The van der Waals surface area contributed by atoms with E-state index in [1.165, 1.54) is 0 Å². The summed E-state index contributed by atoms with van der Waals surface area (Å²) in [5.74, 6) is -0.836. The molecule has 1 aromatic carbocycles. The number of hydrogen-bond acceptors (Lipinski definition) is 10. The van der Waals surface area contributed by atoms with Crippen molar-refractivity contribution >= 4 is 43.3 Å². The summed E-state index contributed by atoms with van der Waals surface area (Å²) in [5, 5.41) is 20.4. The molecule has 3 aromatic heterocycles. The normalized spacial score (nSPS) is 18.0. The minimum Gasteiger partial charge on any atom is -0.392 e. The first-order chi connectivity index (χ1) is 18.3. The van der Waals surface area contributed by atoms with E-state index in [0.29, 0.717) is 36.5 Å². The number of rotatable bonds is 5. The number of aromatic nitrogens is 3. The SMILES string of the molecule is C[C@H](O)CN(C)[C@H]1CCN(c2ncc3c4c(c(-c5ncc(F)c6sc(N)c(C#N)c56)c(F)c3n2)COC4)C1. The first kappa shape index (κ1) is 24.8. The highest BCUT2D eigenvalue weighted by molar-refractivity contribution is 7.23. The van der Waals surface area contributed by atoms with Gasteiger partial charge in [0.05, 0.1) is 41.5 Å². The molecule has 0 unspecified atom stereocenters. The predicted molar refractivity (Wildman–Crippen MR) is 141 cm³/mol. The topological polar surface area (TPSA) is 124 Å². The zero-order valence-corrected chi connectivity index (χ0v) is 21.6. The molecule has 0 saturated carbocycles. The van der Waals surface area contributed by atoms with Crippen molar-refractivity contribution in [3.8, 4) is 17.3 Å². The zero-order chi connectivity index (χ0) is 26.7. The molecule has 2 aliphatic heterocycles. The van der Waals surface area contributed by atoms with Crippen LogP contribution in [0.25, 0.3) is 32.2 Å². The van der Waals surface area contributed by atoms with Crippen LogP contribution in [0.15, 0.2) is 12.4 Å². The first-order valence-electron chi connectivity index (χ1n) is 12.3. The number of pyridine rings is 1. The quantitative estimate of drug-likeness (QED) is 0.393. The number of nitriles is 1. The second kappa shape index (κ2) is 9.36. The van der Waals surface area contributed by atoms with Crippen LogP contribution in [0.5, 0.6) is 0 Å². The third-order valence-electron chi connectivity index (χ3n) is 7.35. The van der Waals surface area contributed by atoms with Gasteiger partial charge in [-0.05, 0) is 31.5 Å². The molecule has 2 atom stereocenters. The lowest BCUT2D eigenvalue weighted by Crippen LogP contribution is -2.38. The van der Waals surface area contributed by atoms with E-state index < -0.39 is 17.7 Å². The first-order valence-corrected chi connectivity index (χ1v) is 13.1. The Hall–Kier alpha value is -3.50. The van der Waals surface area contributed by atoms with Gasteiger partial charge in [-0.15, -0.1) is 11.3 Å². The van der Waals surface area contributed by atoms with Gasteiger partial charge in [-0.1, -0.05) is 0 Å². The number of thiophene rings is 1. The minimum atomic E-state index is -0.621. The number of ether oxygens (including phenoxy) is 1. The molecule has 0 bridgehead atoms. The lowest BCUT2D eigenvalue weighted by molar-refractivity contribution is 0.122. The van der Waals surface area contributed by atoms with Crippen molar-refractivity contribution in [1.29, 1.82) is 5.26 Å². The number of fused-ring (bicyclic) bond motifs is 4. The van der Waals surface area contributed by atoms with Crippen LogP contribution in [-0.2, 0) is 18.0 Å². The molecule has 196 valence electrons. The molecule has 38 heavy (non-hydrogen) atoms. The summed E-state index contributed by atoms with van der Waals surface area (Å²) in [7, 11) is 1.97. The summed E-state index contributed by atoms with van der Waals surface area (Å²) in [6.45, 7) is 4.05. The summed E-state index contributed by atoms with van der Waals surface area (Å²) in [6.07, 6.45) is 3.08. The molecular weight excluding hydrogens is 512 g/mol. The molecule has 1 saturated heterocycles. The Morgan fingerprint density at radius 3 is 2.87 bits per heavy atom. The second-order valence-electron chi connectivity index (χ2n) is 9.86. The monoisotopic (exact) mass is 537 g/mol. The van der Waals surface area contributed by atoms with E-state index in [1.807, 2.05) is 18.0 Å². The van der Waals surface area contributed by atoms with Crippen LogP contribution < -0.4 is 10.6 Å². The Labute approximate surface area is 221 Å². The fraction of sp³-hybridized carbons (Fsp3) is 0.385. The Kier molecular flexibility index (Phi) is 6.11. The molecule has 0 amide bonds. The zero-order valence-electron chi connectivity index (χ0n) is 20.8. The molecule has 9 nitrogen and oxygen atoms in total. The highest BCUT2D eigenvalue weighted by Gasteiger charge is 2.32. The summed E-state index contributed by atoms with van der Waals surface area (Å²) in [6, 6.07) is 2.24. The van der Waals surface area contributed by atoms with E-state index in [-0.39, 0.29) is 56.7 Å². The largest absolute Gasteiger partial charge is 0.392 e. The maximum absolute atomic E-state index is 16.5. The third-order valence-corrected chi connectivity index (χ3v) is 8.38. The number of hydrogen-bond donors (Lipinski definition) is 2. The highest BCUT2D eigenvalue weighted by atomic mass is 32.1. The van der Waals surface area contributed by atoms with E-state index in [9.17, 15) is 14.8 Å². The minimum absolute atomic E-state index is 0.0759. The number of nitrogens with zero attached hydrogens (tertiary/aromatic N) is 6. The number of nitrogens with two attached hydrogens (primary N) is 1. The van der Waals surface area contributed by atoms with Gasteiger partial charge >= 0.3 is 0 Å². The smallest absolute Gasteiger partial charge is 0.226 e. The van der Waals surface area contributed by atoms with Gasteiger partial charge in [-0.2, -0.15) is 5.26 Å². The molecular formula is C26H25F2N7O2S. The van der Waals surface area contributed by atoms with Gasteiger partial charge in [0.15, 0.2) is 11.6 Å². The summed E-state index contributed by atoms with van der Waals surface area (Å²) in [4.78, 5) is 17.6. The van der Waals surface area contributed by atoms with Crippen LogP contribution in [0, 0.1) is 23.0 Å². The van der Waals surface area contributed by atoms with Crippen molar-refractivity contribution < 1.29 is 18.6 Å². The fourth-order valence-corrected chi connectivity index (χ4v) is 6.46. The number of aliphatic hydroxyl groups excluding tert-OH is 1. The van der Waals surface area contributed by atoms with Crippen molar-refractivity contribution in [2.75, 3.05) is 37.3 Å². The Morgan fingerprint density at radius 1 is 1.32 bits per heavy atom. The van der Waals surface area contributed by atoms with Crippen molar-refractivity contribution in [3.05, 3.63) is 40.7 Å². The van der Waals surface area contributed by atoms with Gasteiger partial charge in [0.2, 0.25) is 5.95 Å². The van der Waals surface area contributed by atoms with Crippen LogP contribution >= 0.6 is 11.3 Å². The average Bonchev–Trinajstić information content (AvgIpc) is 3.63. The summed E-state index contributed by atoms with van der Waals surface area (Å²) < 4.78 is 36.9. The number of halogens is 2. The second-order valence-corrected chi connectivity index (χ2v) is 10.9. The molecule has 0 spiro atoms. The van der Waals surface area contributed by atoms with Crippen LogP contribution in [-0.4, -0.2) is 63.8 Å². The van der Waals surface area contributed by atoms with Crippen molar-refractivity contribution in [1.82, 2.24) is 19.9 Å². The van der Waals surface area contributed by atoms with Gasteiger partial charge in [0, 0.05) is 48.2 Å². The maximum atomic E-state index is 16.5. The predicted octanol–water partition coefficient (Wildman–Crippen LogP) is 3.56. The van der Waals surface area contributed by atoms with Crippen molar-refractivity contribution in [3.63, 3.8) is 0 Å². The number of aliphatic hydroxyl groups is 1. The maximum Gasteiger partial charge on any atom is 0.226 e. The number of benzene rings is 1. The third kappa shape index (κ3) is 3.85. The van der Waals surface area contributed by atoms with Crippen LogP contribution in [0.1, 0.15) is 30.0 Å². The Bertz CT molecular complexity index is 1630. The van der Waals surface area contributed by atoms with Gasteiger partial charge in [0.25, 0.3) is 0 Å². The van der Waals surface area contributed by atoms with E-state index in [2.05, 4.69) is 19.9 Å². The van der Waals surface area contributed by atoms with Crippen LogP contribution in [0.2, 0.25) is 0 Å². The molecule has 1 fully saturated rings. The van der Waals surface area contributed by atoms with Gasteiger partial charge in [0.1, 0.15) is 16.6 Å². The van der Waals surface area contributed by atoms with Gasteiger partial charge in [-0.25, -0.2) is 18.7 Å². The standard InChI is InChI=1S/C26H25F2N7O2S/c1-12(36)8-34(2)13-3-4-35(9-13)26-32-6-15-16-10-37-11-17(16)19(21(28)22(15)33-26)23-20-14(5-29)25(30)38-24(20)18(27)7-31-23/h6-7,12-13,36H,3-4,8-11,30H2,1-2H3/t12-,13-/m0/s1. The Balaban J connectivity index is 1.50. The van der Waals surface area contributed by atoms with E-state index in [1.54, 1.807) is 13.1 Å². The summed E-state index contributed by atoms with van der Waals surface area (Å²) in [5.41, 5.74) is 7.83. The van der Waals surface area contributed by atoms with Crippen molar-refractivity contribution in [2.24, 2.45) is 0 Å². The van der Waals surface area contributed by atoms with Crippen LogP contribution in [0.4, 0.5) is 19.7 Å². The Morgan fingerprint density at radius 2 is 2.11 bits per heavy atom. The number of likely N-dealkylation sites (N-methyl/N-ethyl adjacent to an activating group) is 1. The molecule has 12 heteroatoms. The molecule has 5 heterocycles. The average molecular weight is 538 g/mol. The summed E-state index contributed by atoms with van der Waals surface area (Å²) >= 11 is 0.941. The molecule has 0 aliphatic carbocycles. The number of anilines is 2. The fourth-order valence-electron chi connectivity index (χ4n) is 5.54. The molecule has 4 aromatic rings. The molecule has 6 rings (SSSR count). The van der Waals surface area contributed by atoms with Crippen molar-refractivity contribution in [2.45, 2.75) is 38.7 Å². The van der Waals surface area contributed by atoms with E-state index >= 15 is 4.39 Å². The molecule has 0 radical (unpaired) electrons. The lowest BCUT2D eigenvalue weighted by Gasteiger charge is -2.25. The highest BCUT2D eigenvalue weighted by Crippen LogP contribution is 2.45. The molecule has 2 aliphatic rings. The van der Waals surface area contributed by atoms with E-state index in [0.717, 1.165) is 29.5 Å². The van der Waals surface area contributed by atoms with E-state index in [4.69, 9.17) is 10.5 Å².